The van der Waals surface area contributed by atoms with E-state index in [0.29, 0.717) is 6.54 Å². The summed E-state index contributed by atoms with van der Waals surface area (Å²) in [6, 6.07) is 0. The molecule has 100 valence electrons. The Balaban J connectivity index is 1.91. The van der Waals surface area contributed by atoms with E-state index in [0.717, 1.165) is 43.3 Å². The Morgan fingerprint density at radius 2 is 2.33 bits per heavy atom. The van der Waals surface area contributed by atoms with Crippen molar-refractivity contribution in [2.24, 2.45) is 5.92 Å². The van der Waals surface area contributed by atoms with Crippen molar-refractivity contribution < 1.29 is 14.3 Å². The third-order valence-electron chi connectivity index (χ3n) is 3.50. The van der Waals surface area contributed by atoms with E-state index in [1.165, 1.54) is 0 Å². The Bertz CT molecular complexity index is 408. The summed E-state index contributed by atoms with van der Waals surface area (Å²) in [6.45, 7) is 6.36. The van der Waals surface area contributed by atoms with E-state index in [4.69, 9.17) is 9.52 Å². The maximum atomic E-state index is 10.7. The number of rotatable bonds is 4. The lowest BCUT2D eigenvalue weighted by atomic mass is 9.95. The Morgan fingerprint density at radius 1 is 1.56 bits per heavy atom. The van der Waals surface area contributed by atoms with Crippen LogP contribution in [0.4, 0.5) is 0 Å². The van der Waals surface area contributed by atoms with Crippen molar-refractivity contribution in [2.75, 3.05) is 13.1 Å². The molecule has 5 heteroatoms. The number of aryl methyl sites for hydroxylation is 2. The summed E-state index contributed by atoms with van der Waals surface area (Å²) < 4.78 is 5.56. The predicted molar refractivity (Wildman–Crippen MR) is 66.2 cm³/mol. The van der Waals surface area contributed by atoms with Crippen LogP contribution in [0.25, 0.3) is 0 Å². The average molecular weight is 252 g/mol. The van der Waals surface area contributed by atoms with Crippen LogP contribution >= 0.6 is 0 Å². The van der Waals surface area contributed by atoms with Gasteiger partial charge < -0.3 is 9.52 Å². The molecule has 1 atom stereocenters. The molecule has 0 amide bonds. The van der Waals surface area contributed by atoms with E-state index in [2.05, 4.69) is 9.88 Å². The van der Waals surface area contributed by atoms with E-state index in [1.54, 1.807) is 0 Å². The van der Waals surface area contributed by atoms with Crippen LogP contribution in [0, 0.1) is 19.8 Å². The van der Waals surface area contributed by atoms with Gasteiger partial charge in [-0.1, -0.05) is 0 Å². The largest absolute Gasteiger partial charge is 0.481 e. The van der Waals surface area contributed by atoms with Gasteiger partial charge in [0.25, 0.3) is 0 Å². The highest BCUT2D eigenvalue weighted by atomic mass is 16.4. The standard InChI is InChI=1S/C13H20N2O3/c1-9-10(2)18-12(14-9)8-15-5-3-4-11(7-15)6-13(16)17/h11H,3-8H2,1-2H3,(H,16,17). The minimum absolute atomic E-state index is 0.258. The van der Waals surface area contributed by atoms with Crippen molar-refractivity contribution in [3.63, 3.8) is 0 Å². The monoisotopic (exact) mass is 252 g/mol. The van der Waals surface area contributed by atoms with Crippen molar-refractivity contribution in [3.05, 3.63) is 17.3 Å². The van der Waals surface area contributed by atoms with Crippen LogP contribution in [-0.4, -0.2) is 34.0 Å². The van der Waals surface area contributed by atoms with Crippen LogP contribution in [0.1, 0.15) is 36.6 Å². The molecule has 0 aliphatic carbocycles. The summed E-state index contributed by atoms with van der Waals surface area (Å²) in [6.07, 6.45) is 2.32. The maximum Gasteiger partial charge on any atom is 0.303 e. The molecule has 2 rings (SSSR count). The number of carboxylic acid groups (broad SMARTS) is 1. The Morgan fingerprint density at radius 3 is 2.94 bits per heavy atom. The molecule has 1 fully saturated rings. The average Bonchev–Trinajstić information content (AvgIpc) is 2.57. The summed E-state index contributed by atoms with van der Waals surface area (Å²) in [5.41, 5.74) is 0.934. The fourth-order valence-electron chi connectivity index (χ4n) is 2.51. The van der Waals surface area contributed by atoms with Crippen LogP contribution in [0.3, 0.4) is 0 Å². The van der Waals surface area contributed by atoms with Crippen LogP contribution in [0.2, 0.25) is 0 Å². The van der Waals surface area contributed by atoms with Crippen molar-refractivity contribution in [1.29, 1.82) is 0 Å². The van der Waals surface area contributed by atoms with Gasteiger partial charge in [-0.3, -0.25) is 9.69 Å². The molecule has 2 heterocycles. The SMILES string of the molecule is Cc1nc(CN2CCCC(CC(=O)O)C2)oc1C. The lowest BCUT2D eigenvalue weighted by Gasteiger charge is -2.30. The van der Waals surface area contributed by atoms with Gasteiger partial charge in [-0.05, 0) is 39.2 Å². The molecule has 18 heavy (non-hydrogen) atoms. The Labute approximate surface area is 107 Å². The molecule has 0 aromatic carbocycles. The minimum Gasteiger partial charge on any atom is -0.481 e. The van der Waals surface area contributed by atoms with Gasteiger partial charge in [-0.15, -0.1) is 0 Å². The summed E-state index contributed by atoms with van der Waals surface area (Å²) in [7, 11) is 0. The second kappa shape index (κ2) is 5.52. The fraction of sp³-hybridized carbons (Fsp3) is 0.692. The van der Waals surface area contributed by atoms with E-state index in [-0.39, 0.29) is 12.3 Å². The second-order valence-corrected chi connectivity index (χ2v) is 5.09. The first-order valence-electron chi connectivity index (χ1n) is 6.41. The molecule has 1 saturated heterocycles. The van der Waals surface area contributed by atoms with Crippen molar-refractivity contribution in [2.45, 2.75) is 39.7 Å². The van der Waals surface area contributed by atoms with Gasteiger partial charge in [0.2, 0.25) is 5.89 Å². The lowest BCUT2D eigenvalue weighted by molar-refractivity contribution is -0.138. The van der Waals surface area contributed by atoms with Crippen molar-refractivity contribution in [3.8, 4) is 0 Å². The second-order valence-electron chi connectivity index (χ2n) is 5.09. The van der Waals surface area contributed by atoms with Crippen LogP contribution in [0.15, 0.2) is 4.42 Å². The molecule has 1 unspecified atom stereocenters. The Kier molecular flexibility index (Phi) is 4.01. The molecule has 0 spiro atoms. The zero-order chi connectivity index (χ0) is 13.1. The van der Waals surface area contributed by atoms with Gasteiger partial charge in [0.15, 0.2) is 0 Å². The van der Waals surface area contributed by atoms with Crippen LogP contribution < -0.4 is 0 Å². The zero-order valence-corrected chi connectivity index (χ0v) is 11.0. The van der Waals surface area contributed by atoms with Gasteiger partial charge >= 0.3 is 5.97 Å². The number of likely N-dealkylation sites (tertiary alicyclic amines) is 1. The first kappa shape index (κ1) is 13.1. The van der Waals surface area contributed by atoms with E-state index in [9.17, 15) is 4.79 Å². The van der Waals surface area contributed by atoms with Crippen molar-refractivity contribution in [1.82, 2.24) is 9.88 Å². The minimum atomic E-state index is -0.704. The first-order chi connectivity index (χ1) is 8.54. The molecule has 1 aliphatic rings. The number of hydrogen-bond acceptors (Lipinski definition) is 4. The zero-order valence-electron chi connectivity index (χ0n) is 11.0. The summed E-state index contributed by atoms with van der Waals surface area (Å²) >= 11 is 0. The number of piperidine rings is 1. The molecular weight excluding hydrogens is 232 g/mol. The van der Waals surface area contributed by atoms with Crippen LogP contribution in [-0.2, 0) is 11.3 Å². The summed E-state index contributed by atoms with van der Waals surface area (Å²) in [4.78, 5) is 17.3. The van der Waals surface area contributed by atoms with Gasteiger partial charge in [-0.2, -0.15) is 0 Å². The van der Waals surface area contributed by atoms with Gasteiger partial charge in [-0.25, -0.2) is 4.98 Å². The number of oxazole rings is 1. The molecule has 1 aliphatic heterocycles. The molecule has 0 radical (unpaired) electrons. The molecule has 5 nitrogen and oxygen atoms in total. The third-order valence-corrected chi connectivity index (χ3v) is 3.50. The normalized spacial score (nSPS) is 21.1. The highest BCUT2D eigenvalue weighted by molar-refractivity contribution is 5.67. The smallest absolute Gasteiger partial charge is 0.303 e. The molecule has 1 N–H and O–H groups in total. The van der Waals surface area contributed by atoms with Gasteiger partial charge in [0.05, 0.1) is 12.2 Å². The topological polar surface area (TPSA) is 66.6 Å². The third kappa shape index (κ3) is 3.32. The van der Waals surface area contributed by atoms with Crippen molar-refractivity contribution >= 4 is 5.97 Å². The van der Waals surface area contributed by atoms with Gasteiger partial charge in [0.1, 0.15) is 5.76 Å². The highest BCUT2D eigenvalue weighted by Gasteiger charge is 2.23. The van der Waals surface area contributed by atoms with E-state index < -0.39 is 5.97 Å². The highest BCUT2D eigenvalue weighted by Crippen LogP contribution is 2.21. The molecule has 1 aromatic heterocycles. The summed E-state index contributed by atoms with van der Waals surface area (Å²) in [5, 5.41) is 8.83. The van der Waals surface area contributed by atoms with E-state index in [1.807, 2.05) is 13.8 Å². The van der Waals surface area contributed by atoms with Crippen LogP contribution in [0.5, 0.6) is 0 Å². The quantitative estimate of drug-likeness (QED) is 0.887. The maximum absolute atomic E-state index is 10.7. The summed E-state index contributed by atoms with van der Waals surface area (Å²) in [5.74, 6) is 1.16. The molecule has 0 saturated carbocycles. The number of carbonyl (C=O) groups is 1. The first-order valence-corrected chi connectivity index (χ1v) is 6.41. The molecular formula is C13H20N2O3. The molecule has 1 aromatic rings. The van der Waals surface area contributed by atoms with Gasteiger partial charge in [0, 0.05) is 13.0 Å². The number of aromatic nitrogens is 1. The Hall–Kier alpha value is -1.36. The fourth-order valence-corrected chi connectivity index (χ4v) is 2.51. The molecule has 0 bridgehead atoms. The lowest BCUT2D eigenvalue weighted by Crippen LogP contribution is -2.35. The predicted octanol–water partition coefficient (Wildman–Crippen LogP) is 1.98. The number of carboxylic acids is 1. The van der Waals surface area contributed by atoms with E-state index >= 15 is 0 Å². The number of hydrogen-bond donors (Lipinski definition) is 1. The number of aliphatic carboxylic acids is 1. The number of nitrogens with zero attached hydrogens (tertiary/aromatic N) is 2.